The van der Waals surface area contributed by atoms with Gasteiger partial charge >= 0.3 is 12.2 Å². The van der Waals surface area contributed by atoms with Gasteiger partial charge in [-0.15, -0.1) is 0 Å². The van der Waals surface area contributed by atoms with E-state index in [0.29, 0.717) is 11.7 Å². The van der Waals surface area contributed by atoms with Crippen molar-refractivity contribution in [3.05, 3.63) is 71.0 Å². The number of nitrogens with one attached hydrogen (secondary N) is 3. The van der Waals surface area contributed by atoms with Gasteiger partial charge in [0.05, 0.1) is 23.3 Å². The molecule has 2 unspecified atom stereocenters. The lowest BCUT2D eigenvalue weighted by molar-refractivity contribution is -0.137. The van der Waals surface area contributed by atoms with Gasteiger partial charge in [0.1, 0.15) is 5.82 Å². The molecule has 0 bridgehead atoms. The Morgan fingerprint density at radius 3 is 2.70 bits per heavy atom. The highest BCUT2D eigenvalue weighted by atomic mass is 19.4. The van der Waals surface area contributed by atoms with Gasteiger partial charge in [0, 0.05) is 23.7 Å². The summed E-state index contributed by atoms with van der Waals surface area (Å²) in [5, 5.41) is 13.1. The number of pyridine rings is 1. The molecular formula is C23H23F3N6O. The lowest BCUT2D eigenvalue weighted by atomic mass is 10.0. The van der Waals surface area contributed by atoms with Crippen LogP contribution in [0.5, 0.6) is 0 Å². The van der Waals surface area contributed by atoms with Crippen molar-refractivity contribution < 1.29 is 18.0 Å². The summed E-state index contributed by atoms with van der Waals surface area (Å²) < 4.78 is 39.1. The number of urea groups is 1. The van der Waals surface area contributed by atoms with Crippen LogP contribution in [-0.2, 0) is 18.3 Å². The first-order chi connectivity index (χ1) is 15.6. The second-order valence-electron chi connectivity index (χ2n) is 8.93. The van der Waals surface area contributed by atoms with Crippen molar-refractivity contribution in [2.45, 2.75) is 50.5 Å². The number of carbonyl (C=O) groups excluding carboxylic acids is 1. The second kappa shape index (κ2) is 7.50. The number of H-pyrrole nitrogens is 1. The minimum Gasteiger partial charge on any atom is -0.335 e. The van der Waals surface area contributed by atoms with E-state index in [-0.39, 0.29) is 24.4 Å². The molecule has 0 radical (unpaired) electrons. The van der Waals surface area contributed by atoms with Gasteiger partial charge < -0.3 is 15.5 Å². The molecule has 5 rings (SSSR count). The standard InChI is InChI=1S/C23H23F3N6O/c1-22(2)19-16(20(31-30-19)29-18-10-14(8-9-27-18)23(24,25)26)12-32(22)21(33)28-17-11-15(17)13-6-4-3-5-7-13/h3-10,15,17H,11-12H2,1-2H3,(H,28,33)(H2,27,29,30,31). The maximum Gasteiger partial charge on any atom is 0.416 e. The Kier molecular flexibility index (Phi) is 4.84. The van der Waals surface area contributed by atoms with E-state index >= 15 is 0 Å². The lowest BCUT2D eigenvalue weighted by Crippen LogP contribution is -2.47. The van der Waals surface area contributed by atoms with Gasteiger partial charge in [0.15, 0.2) is 5.82 Å². The van der Waals surface area contributed by atoms with Crippen LogP contribution in [0.4, 0.5) is 29.6 Å². The summed E-state index contributed by atoms with van der Waals surface area (Å²) >= 11 is 0. The number of fused-ring (bicyclic) bond motifs is 1. The van der Waals surface area contributed by atoms with E-state index < -0.39 is 17.3 Å². The molecule has 2 aromatic heterocycles. The molecule has 1 aliphatic carbocycles. The number of hydrogen-bond donors (Lipinski definition) is 3. The average Bonchev–Trinajstić information content (AvgIpc) is 3.33. The van der Waals surface area contributed by atoms with Crippen LogP contribution in [0.15, 0.2) is 48.7 Å². The number of benzene rings is 1. The van der Waals surface area contributed by atoms with Crippen LogP contribution >= 0.6 is 0 Å². The fourth-order valence-corrected chi connectivity index (χ4v) is 4.40. The minimum absolute atomic E-state index is 0.0310. The molecule has 10 heteroatoms. The maximum absolute atomic E-state index is 13.1. The van der Waals surface area contributed by atoms with E-state index in [1.54, 1.807) is 4.90 Å². The highest BCUT2D eigenvalue weighted by Crippen LogP contribution is 2.44. The number of aromatic amines is 1. The summed E-state index contributed by atoms with van der Waals surface area (Å²) in [6, 6.07) is 11.8. The number of rotatable bonds is 4. The Bertz CT molecular complexity index is 1190. The van der Waals surface area contributed by atoms with E-state index in [9.17, 15) is 18.0 Å². The molecular weight excluding hydrogens is 433 g/mol. The van der Waals surface area contributed by atoms with Crippen molar-refractivity contribution in [2.24, 2.45) is 0 Å². The zero-order valence-electron chi connectivity index (χ0n) is 18.1. The van der Waals surface area contributed by atoms with Crippen LogP contribution in [0.25, 0.3) is 0 Å². The van der Waals surface area contributed by atoms with Gasteiger partial charge in [-0.3, -0.25) is 5.10 Å². The zero-order chi connectivity index (χ0) is 23.4. The molecule has 2 atom stereocenters. The fraction of sp³-hybridized carbons (Fsp3) is 0.348. The van der Waals surface area contributed by atoms with Crippen LogP contribution in [0.3, 0.4) is 0 Å². The second-order valence-corrected chi connectivity index (χ2v) is 8.93. The quantitative estimate of drug-likeness (QED) is 0.522. The molecule has 1 aromatic carbocycles. The van der Waals surface area contributed by atoms with E-state index in [2.05, 4.69) is 37.9 Å². The molecule has 3 heterocycles. The summed E-state index contributed by atoms with van der Waals surface area (Å²) in [6.45, 7) is 4.09. The van der Waals surface area contributed by atoms with Gasteiger partial charge in [-0.1, -0.05) is 30.3 Å². The van der Waals surface area contributed by atoms with Gasteiger partial charge in [0.2, 0.25) is 0 Å². The third-order valence-corrected chi connectivity index (χ3v) is 6.38. The SMILES string of the molecule is CC1(C)c2[nH]nc(Nc3cc(C(F)(F)F)ccn3)c2CN1C(=O)NC1CC1c1ccccc1. The van der Waals surface area contributed by atoms with Crippen molar-refractivity contribution in [3.8, 4) is 0 Å². The van der Waals surface area contributed by atoms with Crippen LogP contribution in [0, 0.1) is 0 Å². The Morgan fingerprint density at radius 1 is 1.21 bits per heavy atom. The molecule has 3 aromatic rings. The zero-order valence-corrected chi connectivity index (χ0v) is 18.1. The Balaban J connectivity index is 1.30. The van der Waals surface area contributed by atoms with Crippen molar-refractivity contribution >= 4 is 17.7 Å². The van der Waals surface area contributed by atoms with Crippen LogP contribution in [0.2, 0.25) is 0 Å². The first-order valence-corrected chi connectivity index (χ1v) is 10.7. The first-order valence-electron chi connectivity index (χ1n) is 10.7. The molecule has 2 amide bonds. The molecule has 1 aliphatic heterocycles. The van der Waals surface area contributed by atoms with Crippen LogP contribution in [0.1, 0.15) is 48.6 Å². The Labute approximate surface area is 188 Å². The first kappa shape index (κ1) is 21.3. The Hall–Kier alpha value is -3.56. The molecule has 1 saturated carbocycles. The topological polar surface area (TPSA) is 85.9 Å². The molecule has 3 N–H and O–H groups in total. The van der Waals surface area contributed by atoms with Crippen molar-refractivity contribution in [1.82, 2.24) is 25.4 Å². The summed E-state index contributed by atoms with van der Waals surface area (Å²) in [7, 11) is 0. The third-order valence-electron chi connectivity index (χ3n) is 6.38. The van der Waals surface area contributed by atoms with E-state index in [0.717, 1.165) is 36.0 Å². The summed E-state index contributed by atoms with van der Waals surface area (Å²) in [6.07, 6.45) is -2.48. The van der Waals surface area contributed by atoms with E-state index in [1.807, 2.05) is 32.0 Å². The molecule has 2 aliphatic rings. The Morgan fingerprint density at radius 2 is 1.97 bits per heavy atom. The number of alkyl halides is 3. The van der Waals surface area contributed by atoms with Gasteiger partial charge in [-0.2, -0.15) is 18.3 Å². The molecule has 7 nitrogen and oxygen atoms in total. The third kappa shape index (κ3) is 3.90. The molecule has 0 saturated heterocycles. The fourth-order valence-electron chi connectivity index (χ4n) is 4.40. The smallest absolute Gasteiger partial charge is 0.335 e. The van der Waals surface area contributed by atoms with Crippen molar-refractivity contribution in [1.29, 1.82) is 0 Å². The predicted molar refractivity (Wildman–Crippen MR) is 116 cm³/mol. The molecule has 0 spiro atoms. The number of aromatic nitrogens is 3. The van der Waals surface area contributed by atoms with Gasteiger partial charge in [-0.05, 0) is 38.0 Å². The lowest BCUT2D eigenvalue weighted by Gasteiger charge is -2.32. The normalized spacial score (nSPS) is 20.9. The predicted octanol–water partition coefficient (Wildman–Crippen LogP) is 4.88. The number of amides is 2. The number of hydrogen-bond acceptors (Lipinski definition) is 4. The number of halogens is 3. The number of carbonyl (C=O) groups is 1. The highest BCUT2D eigenvalue weighted by molar-refractivity contribution is 5.78. The summed E-state index contributed by atoms with van der Waals surface area (Å²) in [5.41, 5.74) is 1.21. The molecule has 172 valence electrons. The van der Waals surface area contributed by atoms with Crippen molar-refractivity contribution in [3.63, 3.8) is 0 Å². The highest BCUT2D eigenvalue weighted by Gasteiger charge is 2.46. The maximum atomic E-state index is 13.1. The number of anilines is 2. The van der Waals surface area contributed by atoms with Crippen LogP contribution in [-0.4, -0.2) is 32.2 Å². The number of nitrogens with zero attached hydrogens (tertiary/aromatic N) is 3. The van der Waals surface area contributed by atoms with Crippen molar-refractivity contribution in [2.75, 3.05) is 5.32 Å². The molecule has 1 fully saturated rings. The largest absolute Gasteiger partial charge is 0.416 e. The average molecular weight is 456 g/mol. The van der Waals surface area contributed by atoms with Crippen LogP contribution < -0.4 is 10.6 Å². The van der Waals surface area contributed by atoms with E-state index in [4.69, 9.17) is 0 Å². The van der Waals surface area contributed by atoms with Gasteiger partial charge in [0.25, 0.3) is 0 Å². The molecule has 33 heavy (non-hydrogen) atoms. The summed E-state index contributed by atoms with van der Waals surface area (Å²) in [4.78, 5) is 18.8. The monoisotopic (exact) mass is 456 g/mol. The van der Waals surface area contributed by atoms with Gasteiger partial charge in [-0.25, -0.2) is 9.78 Å². The summed E-state index contributed by atoms with van der Waals surface area (Å²) in [5.74, 6) is 0.696. The minimum atomic E-state index is -4.47. The van der Waals surface area contributed by atoms with E-state index in [1.165, 1.54) is 5.56 Å².